The standard InChI is InChI=1S/C27H30Cl2N2O2/c1-3-15-31(16-4-2)22-12-14-26(23(18-22)27(32)33)30-21-10-7-19(8-11-21)5-6-20-9-13-24(28)25(29)17-20/h7-14,17-18,30H,3-6,15-16H2,1-2H3,(H,32,33). The van der Waals surface area contributed by atoms with E-state index >= 15 is 0 Å². The van der Waals surface area contributed by atoms with Gasteiger partial charge in [0.25, 0.3) is 0 Å². The van der Waals surface area contributed by atoms with Crippen molar-refractivity contribution in [2.24, 2.45) is 0 Å². The van der Waals surface area contributed by atoms with Gasteiger partial charge in [0, 0.05) is 24.5 Å². The van der Waals surface area contributed by atoms with Gasteiger partial charge >= 0.3 is 5.97 Å². The second kappa shape index (κ2) is 12.0. The summed E-state index contributed by atoms with van der Waals surface area (Å²) >= 11 is 12.1. The first kappa shape index (κ1) is 24.9. The molecule has 0 aliphatic heterocycles. The zero-order valence-corrected chi connectivity index (χ0v) is 20.6. The predicted molar refractivity (Wildman–Crippen MR) is 140 cm³/mol. The van der Waals surface area contributed by atoms with E-state index in [4.69, 9.17) is 23.2 Å². The van der Waals surface area contributed by atoms with E-state index in [0.29, 0.717) is 15.7 Å². The van der Waals surface area contributed by atoms with E-state index in [1.807, 2.05) is 42.5 Å². The molecule has 3 aromatic rings. The van der Waals surface area contributed by atoms with Crippen molar-refractivity contribution in [3.05, 3.63) is 87.4 Å². The monoisotopic (exact) mass is 484 g/mol. The number of hydrogen-bond donors (Lipinski definition) is 2. The van der Waals surface area contributed by atoms with Crippen molar-refractivity contribution in [3.63, 3.8) is 0 Å². The summed E-state index contributed by atoms with van der Waals surface area (Å²) in [5.41, 5.74) is 4.98. The fourth-order valence-corrected chi connectivity index (χ4v) is 4.14. The van der Waals surface area contributed by atoms with Gasteiger partial charge in [-0.2, -0.15) is 0 Å². The Morgan fingerprint density at radius 3 is 2.09 bits per heavy atom. The van der Waals surface area contributed by atoms with Crippen LogP contribution in [0.1, 0.15) is 48.2 Å². The topological polar surface area (TPSA) is 52.6 Å². The molecule has 174 valence electrons. The molecule has 0 atom stereocenters. The molecule has 0 amide bonds. The predicted octanol–water partition coefficient (Wildman–Crippen LogP) is 7.85. The van der Waals surface area contributed by atoms with Gasteiger partial charge in [0.2, 0.25) is 0 Å². The van der Waals surface area contributed by atoms with Crippen molar-refractivity contribution in [2.75, 3.05) is 23.3 Å². The molecule has 3 rings (SSSR count). The van der Waals surface area contributed by atoms with E-state index in [1.165, 1.54) is 5.56 Å². The van der Waals surface area contributed by atoms with Crippen molar-refractivity contribution in [1.82, 2.24) is 0 Å². The van der Waals surface area contributed by atoms with Gasteiger partial charge in [-0.1, -0.05) is 55.2 Å². The largest absolute Gasteiger partial charge is 0.478 e. The molecule has 0 unspecified atom stereocenters. The molecule has 0 aromatic heterocycles. The number of anilines is 3. The fourth-order valence-electron chi connectivity index (χ4n) is 3.82. The zero-order valence-electron chi connectivity index (χ0n) is 19.1. The van der Waals surface area contributed by atoms with E-state index in [1.54, 1.807) is 6.07 Å². The van der Waals surface area contributed by atoms with Gasteiger partial charge in [-0.25, -0.2) is 4.79 Å². The van der Waals surface area contributed by atoms with Gasteiger partial charge in [-0.3, -0.25) is 0 Å². The number of halogens is 2. The Labute approximate surface area is 206 Å². The molecule has 0 saturated carbocycles. The molecule has 0 aliphatic carbocycles. The number of carbonyl (C=O) groups is 1. The molecule has 0 saturated heterocycles. The third kappa shape index (κ3) is 6.89. The highest BCUT2D eigenvalue weighted by Gasteiger charge is 2.14. The molecule has 33 heavy (non-hydrogen) atoms. The lowest BCUT2D eigenvalue weighted by Gasteiger charge is -2.24. The van der Waals surface area contributed by atoms with E-state index in [9.17, 15) is 9.90 Å². The van der Waals surface area contributed by atoms with Gasteiger partial charge < -0.3 is 15.3 Å². The number of rotatable bonds is 11. The SMILES string of the molecule is CCCN(CCC)c1ccc(Nc2ccc(CCc3ccc(Cl)c(Cl)c3)cc2)c(C(=O)O)c1. The van der Waals surface area contributed by atoms with Crippen molar-refractivity contribution in [1.29, 1.82) is 0 Å². The maximum Gasteiger partial charge on any atom is 0.337 e. The molecule has 0 spiro atoms. The minimum Gasteiger partial charge on any atom is -0.478 e. The number of benzene rings is 3. The number of hydrogen-bond acceptors (Lipinski definition) is 3. The van der Waals surface area contributed by atoms with Crippen LogP contribution < -0.4 is 10.2 Å². The summed E-state index contributed by atoms with van der Waals surface area (Å²) in [7, 11) is 0. The van der Waals surface area contributed by atoms with Crippen molar-refractivity contribution in [2.45, 2.75) is 39.5 Å². The van der Waals surface area contributed by atoms with E-state index < -0.39 is 5.97 Å². The van der Waals surface area contributed by atoms with Crippen LogP contribution in [0, 0.1) is 0 Å². The lowest BCUT2D eigenvalue weighted by atomic mass is 10.0. The molecule has 4 nitrogen and oxygen atoms in total. The van der Waals surface area contributed by atoms with Crippen LogP contribution in [-0.4, -0.2) is 24.2 Å². The lowest BCUT2D eigenvalue weighted by Crippen LogP contribution is -2.25. The second-order valence-corrected chi connectivity index (χ2v) is 8.91. The van der Waals surface area contributed by atoms with Crippen LogP contribution >= 0.6 is 23.2 Å². The van der Waals surface area contributed by atoms with Crippen molar-refractivity contribution in [3.8, 4) is 0 Å². The Morgan fingerprint density at radius 1 is 0.848 bits per heavy atom. The first-order chi connectivity index (χ1) is 15.9. The number of carboxylic acids is 1. The molecule has 0 heterocycles. The minimum atomic E-state index is -0.939. The van der Waals surface area contributed by atoms with Gasteiger partial charge in [-0.05, 0) is 79.3 Å². The number of nitrogens with zero attached hydrogens (tertiary/aromatic N) is 1. The number of carboxylic acid groups (broad SMARTS) is 1. The highest BCUT2D eigenvalue weighted by Crippen LogP contribution is 2.28. The van der Waals surface area contributed by atoms with Crippen LogP contribution in [0.25, 0.3) is 0 Å². The Kier molecular flexibility index (Phi) is 9.04. The van der Waals surface area contributed by atoms with Crippen LogP contribution in [0.5, 0.6) is 0 Å². The third-order valence-corrected chi connectivity index (χ3v) is 6.24. The number of aryl methyl sites for hydroxylation is 2. The van der Waals surface area contributed by atoms with E-state index in [2.05, 4.69) is 36.2 Å². The van der Waals surface area contributed by atoms with Crippen molar-refractivity contribution >= 4 is 46.2 Å². The quantitative estimate of drug-likeness (QED) is 0.290. The third-order valence-electron chi connectivity index (χ3n) is 5.51. The van der Waals surface area contributed by atoms with Gasteiger partial charge in [-0.15, -0.1) is 0 Å². The number of nitrogens with one attached hydrogen (secondary N) is 1. The maximum absolute atomic E-state index is 11.9. The van der Waals surface area contributed by atoms with Crippen LogP contribution in [0.15, 0.2) is 60.7 Å². The molecular weight excluding hydrogens is 455 g/mol. The molecule has 2 N–H and O–H groups in total. The van der Waals surface area contributed by atoms with Gasteiger partial charge in [0.05, 0.1) is 21.3 Å². The molecule has 0 radical (unpaired) electrons. The highest BCUT2D eigenvalue weighted by molar-refractivity contribution is 6.42. The summed E-state index contributed by atoms with van der Waals surface area (Å²) in [6.45, 7) is 6.07. The summed E-state index contributed by atoms with van der Waals surface area (Å²) in [5.74, 6) is -0.939. The first-order valence-electron chi connectivity index (χ1n) is 11.3. The molecular formula is C27H30Cl2N2O2. The maximum atomic E-state index is 11.9. The van der Waals surface area contributed by atoms with Crippen LogP contribution in [0.2, 0.25) is 10.0 Å². The second-order valence-electron chi connectivity index (χ2n) is 8.09. The first-order valence-corrected chi connectivity index (χ1v) is 12.1. The van der Waals surface area contributed by atoms with Crippen LogP contribution in [0.4, 0.5) is 17.1 Å². The lowest BCUT2D eigenvalue weighted by molar-refractivity contribution is 0.0698. The van der Waals surface area contributed by atoms with E-state index in [-0.39, 0.29) is 5.56 Å². The highest BCUT2D eigenvalue weighted by atomic mass is 35.5. The fraction of sp³-hybridized carbons (Fsp3) is 0.296. The molecule has 0 fully saturated rings. The van der Waals surface area contributed by atoms with Gasteiger partial charge in [0.1, 0.15) is 0 Å². The van der Waals surface area contributed by atoms with Crippen LogP contribution in [0.3, 0.4) is 0 Å². The summed E-state index contributed by atoms with van der Waals surface area (Å²) in [6, 6.07) is 19.4. The van der Waals surface area contributed by atoms with E-state index in [0.717, 1.165) is 55.7 Å². The minimum absolute atomic E-state index is 0.272. The average molecular weight is 485 g/mol. The summed E-state index contributed by atoms with van der Waals surface area (Å²) < 4.78 is 0. The average Bonchev–Trinajstić information content (AvgIpc) is 2.81. The normalized spacial score (nSPS) is 10.8. The Hall–Kier alpha value is -2.69. The summed E-state index contributed by atoms with van der Waals surface area (Å²) in [5, 5.41) is 14.2. The van der Waals surface area contributed by atoms with Crippen LogP contribution in [-0.2, 0) is 12.8 Å². The molecule has 0 aliphatic rings. The molecule has 3 aromatic carbocycles. The Balaban J connectivity index is 1.70. The Morgan fingerprint density at radius 2 is 1.48 bits per heavy atom. The Bertz CT molecular complexity index is 1080. The number of aromatic carboxylic acids is 1. The zero-order chi connectivity index (χ0) is 23.8. The smallest absolute Gasteiger partial charge is 0.337 e. The summed E-state index contributed by atoms with van der Waals surface area (Å²) in [4.78, 5) is 14.2. The summed E-state index contributed by atoms with van der Waals surface area (Å²) in [6.07, 6.45) is 3.76. The van der Waals surface area contributed by atoms with Gasteiger partial charge in [0.15, 0.2) is 0 Å². The molecule has 0 bridgehead atoms. The van der Waals surface area contributed by atoms with Crippen molar-refractivity contribution < 1.29 is 9.90 Å². The molecule has 6 heteroatoms.